The molecular weight excluding hydrogens is 256 g/mol. The van der Waals surface area contributed by atoms with Crippen molar-refractivity contribution in [2.45, 2.75) is 25.8 Å². The summed E-state index contributed by atoms with van der Waals surface area (Å²) in [7, 11) is 0. The zero-order valence-corrected chi connectivity index (χ0v) is 11.4. The summed E-state index contributed by atoms with van der Waals surface area (Å²) >= 11 is 0. The highest BCUT2D eigenvalue weighted by atomic mass is 16.4. The van der Waals surface area contributed by atoms with Gasteiger partial charge in [-0.05, 0) is 30.5 Å². The van der Waals surface area contributed by atoms with E-state index in [0.29, 0.717) is 13.1 Å². The van der Waals surface area contributed by atoms with Crippen molar-refractivity contribution in [3.63, 3.8) is 0 Å². The molecule has 0 saturated carbocycles. The van der Waals surface area contributed by atoms with Gasteiger partial charge >= 0.3 is 5.97 Å². The van der Waals surface area contributed by atoms with Crippen LogP contribution in [0.4, 0.5) is 0 Å². The largest absolute Gasteiger partial charge is 0.481 e. The highest BCUT2D eigenvalue weighted by Crippen LogP contribution is 2.20. The van der Waals surface area contributed by atoms with E-state index in [2.05, 4.69) is 4.90 Å². The number of hydrogen-bond donors (Lipinski definition) is 2. The minimum atomic E-state index is -0.828. The summed E-state index contributed by atoms with van der Waals surface area (Å²) in [6.45, 7) is 2.26. The molecule has 1 atom stereocenters. The van der Waals surface area contributed by atoms with E-state index in [0.717, 1.165) is 30.5 Å². The Balaban J connectivity index is 2.05. The lowest BCUT2D eigenvalue weighted by molar-refractivity contribution is -0.136. The van der Waals surface area contributed by atoms with Crippen LogP contribution in [0.25, 0.3) is 0 Å². The molecule has 1 aromatic rings. The Morgan fingerprint density at radius 2 is 2.00 bits per heavy atom. The second-order valence-corrected chi connectivity index (χ2v) is 5.32. The van der Waals surface area contributed by atoms with Crippen LogP contribution in [-0.2, 0) is 22.6 Å². The molecule has 5 nitrogen and oxygen atoms in total. The van der Waals surface area contributed by atoms with E-state index in [9.17, 15) is 9.59 Å². The van der Waals surface area contributed by atoms with Crippen molar-refractivity contribution in [1.82, 2.24) is 4.90 Å². The minimum absolute atomic E-state index is 0.0310. The number of carbonyl (C=O) groups is 2. The van der Waals surface area contributed by atoms with Crippen molar-refractivity contribution in [3.8, 4) is 0 Å². The summed E-state index contributed by atoms with van der Waals surface area (Å²) in [6.07, 6.45) is 1.83. The van der Waals surface area contributed by atoms with Crippen molar-refractivity contribution in [2.24, 2.45) is 11.7 Å². The molecule has 3 N–H and O–H groups in total. The van der Waals surface area contributed by atoms with E-state index in [4.69, 9.17) is 10.8 Å². The molecule has 1 fully saturated rings. The zero-order chi connectivity index (χ0) is 14.5. The van der Waals surface area contributed by atoms with Crippen molar-refractivity contribution in [3.05, 3.63) is 35.4 Å². The van der Waals surface area contributed by atoms with Gasteiger partial charge in [0.2, 0.25) is 5.91 Å². The fourth-order valence-electron chi connectivity index (χ4n) is 2.72. The van der Waals surface area contributed by atoms with Gasteiger partial charge in [0, 0.05) is 13.1 Å². The molecule has 0 radical (unpaired) electrons. The van der Waals surface area contributed by atoms with Crippen LogP contribution in [0.1, 0.15) is 24.0 Å². The molecule has 1 aliphatic heterocycles. The summed E-state index contributed by atoms with van der Waals surface area (Å²) in [6, 6.07) is 7.56. The summed E-state index contributed by atoms with van der Waals surface area (Å²) in [4.78, 5) is 24.3. The van der Waals surface area contributed by atoms with Crippen molar-refractivity contribution in [1.29, 1.82) is 0 Å². The molecule has 1 saturated heterocycles. The van der Waals surface area contributed by atoms with Gasteiger partial charge in [-0.15, -0.1) is 0 Å². The first-order valence-electron chi connectivity index (χ1n) is 6.86. The molecule has 1 heterocycles. The van der Waals surface area contributed by atoms with Crippen LogP contribution in [0.2, 0.25) is 0 Å². The zero-order valence-electron chi connectivity index (χ0n) is 11.4. The van der Waals surface area contributed by atoms with Gasteiger partial charge in [0.15, 0.2) is 0 Å². The lowest BCUT2D eigenvalue weighted by Gasteiger charge is -2.31. The maximum Gasteiger partial charge on any atom is 0.307 e. The number of piperidine rings is 1. The third kappa shape index (κ3) is 3.81. The van der Waals surface area contributed by atoms with Crippen molar-refractivity contribution < 1.29 is 14.7 Å². The lowest BCUT2D eigenvalue weighted by atomic mass is 9.96. The second kappa shape index (κ2) is 6.52. The van der Waals surface area contributed by atoms with Gasteiger partial charge < -0.3 is 10.8 Å². The standard InChI is InChI=1S/C15H20N2O3/c16-15(20)13-6-3-7-17(10-13)9-12-5-2-1-4-11(12)8-14(18)19/h1-2,4-5,13H,3,6-10H2,(H2,16,20)(H,18,19). The van der Waals surface area contributed by atoms with Gasteiger partial charge in [0.25, 0.3) is 0 Å². The highest BCUT2D eigenvalue weighted by molar-refractivity contribution is 5.77. The molecule has 1 aliphatic rings. The van der Waals surface area contributed by atoms with Crippen molar-refractivity contribution in [2.75, 3.05) is 13.1 Å². The molecular formula is C15H20N2O3. The molecule has 0 aromatic heterocycles. The highest BCUT2D eigenvalue weighted by Gasteiger charge is 2.24. The van der Waals surface area contributed by atoms with Crippen LogP contribution >= 0.6 is 0 Å². The SMILES string of the molecule is NC(=O)C1CCCN(Cc2ccccc2CC(=O)O)C1. The quantitative estimate of drug-likeness (QED) is 0.840. The Morgan fingerprint density at radius 1 is 1.30 bits per heavy atom. The van der Waals surface area contributed by atoms with Gasteiger partial charge in [0.05, 0.1) is 12.3 Å². The number of amides is 1. The Labute approximate surface area is 118 Å². The molecule has 0 bridgehead atoms. The number of hydrogen-bond acceptors (Lipinski definition) is 3. The van der Waals surface area contributed by atoms with Crippen LogP contribution < -0.4 is 5.73 Å². The Kier molecular flexibility index (Phi) is 4.74. The maximum atomic E-state index is 11.3. The first-order valence-corrected chi connectivity index (χ1v) is 6.86. The van der Waals surface area contributed by atoms with Crippen LogP contribution in [0.3, 0.4) is 0 Å². The van der Waals surface area contributed by atoms with E-state index >= 15 is 0 Å². The smallest absolute Gasteiger partial charge is 0.307 e. The van der Waals surface area contributed by atoms with Gasteiger partial charge in [-0.2, -0.15) is 0 Å². The number of benzene rings is 1. The number of carboxylic acid groups (broad SMARTS) is 1. The number of likely N-dealkylation sites (tertiary alicyclic amines) is 1. The molecule has 108 valence electrons. The van der Waals surface area contributed by atoms with Crippen LogP contribution in [0.15, 0.2) is 24.3 Å². The average Bonchev–Trinajstić information content (AvgIpc) is 2.41. The lowest BCUT2D eigenvalue weighted by Crippen LogP contribution is -2.40. The predicted octanol–water partition coefficient (Wildman–Crippen LogP) is 1.01. The number of carboxylic acids is 1. The summed E-state index contributed by atoms with van der Waals surface area (Å²) in [5.41, 5.74) is 7.22. The molecule has 0 aliphatic carbocycles. The topological polar surface area (TPSA) is 83.6 Å². The molecule has 1 unspecified atom stereocenters. The van der Waals surface area contributed by atoms with E-state index in [1.165, 1.54) is 0 Å². The maximum absolute atomic E-state index is 11.3. The average molecular weight is 276 g/mol. The number of carbonyl (C=O) groups excluding carboxylic acids is 1. The summed E-state index contributed by atoms with van der Waals surface area (Å²) in [5, 5.41) is 8.94. The van der Waals surface area contributed by atoms with E-state index in [1.807, 2.05) is 24.3 Å². The van der Waals surface area contributed by atoms with Gasteiger partial charge in [-0.25, -0.2) is 0 Å². The normalized spacial score (nSPS) is 19.7. The third-order valence-corrected chi connectivity index (χ3v) is 3.76. The fourth-order valence-corrected chi connectivity index (χ4v) is 2.72. The molecule has 0 spiro atoms. The Bertz CT molecular complexity index is 502. The number of aliphatic carboxylic acids is 1. The fraction of sp³-hybridized carbons (Fsp3) is 0.467. The first-order chi connectivity index (χ1) is 9.56. The van der Waals surface area contributed by atoms with E-state index in [-0.39, 0.29) is 18.2 Å². The van der Waals surface area contributed by atoms with Crippen LogP contribution in [0, 0.1) is 5.92 Å². The Morgan fingerprint density at radius 3 is 2.65 bits per heavy atom. The Hall–Kier alpha value is -1.88. The monoisotopic (exact) mass is 276 g/mol. The summed E-state index contributed by atoms with van der Waals surface area (Å²) in [5.74, 6) is -1.16. The second-order valence-electron chi connectivity index (χ2n) is 5.32. The number of nitrogens with zero attached hydrogens (tertiary/aromatic N) is 1. The number of primary amides is 1. The third-order valence-electron chi connectivity index (χ3n) is 3.76. The predicted molar refractivity (Wildman–Crippen MR) is 75.0 cm³/mol. The van der Waals surface area contributed by atoms with Gasteiger partial charge in [0.1, 0.15) is 0 Å². The van der Waals surface area contributed by atoms with Gasteiger partial charge in [-0.3, -0.25) is 14.5 Å². The van der Waals surface area contributed by atoms with Crippen LogP contribution in [0.5, 0.6) is 0 Å². The molecule has 1 aromatic carbocycles. The summed E-state index contributed by atoms with van der Waals surface area (Å²) < 4.78 is 0. The number of nitrogens with two attached hydrogens (primary N) is 1. The van der Waals surface area contributed by atoms with E-state index < -0.39 is 5.97 Å². The molecule has 5 heteroatoms. The van der Waals surface area contributed by atoms with Gasteiger partial charge in [-0.1, -0.05) is 24.3 Å². The van der Waals surface area contributed by atoms with E-state index in [1.54, 1.807) is 0 Å². The molecule has 1 amide bonds. The molecule has 20 heavy (non-hydrogen) atoms. The number of rotatable bonds is 5. The first kappa shape index (κ1) is 14.5. The molecule has 2 rings (SSSR count). The minimum Gasteiger partial charge on any atom is -0.481 e. The van der Waals surface area contributed by atoms with Crippen LogP contribution in [-0.4, -0.2) is 35.0 Å². The van der Waals surface area contributed by atoms with Crippen molar-refractivity contribution >= 4 is 11.9 Å².